The van der Waals surface area contributed by atoms with Gasteiger partial charge in [0.15, 0.2) is 0 Å². The smallest absolute Gasteiger partial charge is 0.337 e. The van der Waals surface area contributed by atoms with Crippen LogP contribution in [0.4, 0.5) is 11.4 Å². The lowest BCUT2D eigenvalue weighted by Gasteiger charge is -2.14. The van der Waals surface area contributed by atoms with Crippen LogP contribution in [0.3, 0.4) is 0 Å². The molecule has 0 saturated heterocycles. The molecule has 0 atom stereocenters. The maximum atomic E-state index is 13.5. The molecule has 12 heteroatoms. The molecule has 0 aromatic heterocycles. The van der Waals surface area contributed by atoms with Gasteiger partial charge in [-0.2, -0.15) is 0 Å². The first-order valence-corrected chi connectivity index (χ1v) is 12.4. The predicted octanol–water partition coefficient (Wildman–Crippen LogP) is 4.74. The Bertz CT molecular complexity index is 1810. The van der Waals surface area contributed by atoms with E-state index >= 15 is 0 Å². The molecule has 0 aliphatic heterocycles. The number of carboxylic acids is 3. The molecule has 0 aliphatic rings. The molecule has 0 saturated carbocycles. The Kier molecular flexibility index (Phi) is 8.61. The third-order valence-electron chi connectivity index (χ3n) is 6.23. The number of hydrogen-bond donors (Lipinski definition) is 5. The van der Waals surface area contributed by atoms with E-state index in [0.29, 0.717) is 0 Å². The molecular weight excluding hydrogens is 560 g/mol. The van der Waals surface area contributed by atoms with Crippen molar-refractivity contribution in [3.8, 4) is 11.1 Å². The topological polar surface area (TPSA) is 196 Å². The second-order valence-corrected chi connectivity index (χ2v) is 9.00. The van der Waals surface area contributed by atoms with Crippen LogP contribution in [-0.4, -0.2) is 58.1 Å². The van der Waals surface area contributed by atoms with Gasteiger partial charge in [-0.25, -0.2) is 19.2 Å². The Morgan fingerprint density at radius 3 is 1.56 bits per heavy atom. The largest absolute Gasteiger partial charge is 0.478 e. The number of rotatable bonds is 9. The fourth-order valence-electron chi connectivity index (χ4n) is 4.17. The van der Waals surface area contributed by atoms with Crippen LogP contribution in [0.1, 0.15) is 62.1 Å². The van der Waals surface area contributed by atoms with Gasteiger partial charge < -0.3 is 30.7 Å². The number of carbonyl (C=O) groups excluding carboxylic acids is 3. The summed E-state index contributed by atoms with van der Waals surface area (Å²) in [6.07, 6.45) is 0. The van der Waals surface area contributed by atoms with Gasteiger partial charge in [0.05, 0.1) is 40.5 Å². The quantitative estimate of drug-likeness (QED) is 0.172. The SMILES string of the molecule is COC(=O)c1cccc(NC(=O)c2ccc(-c3ccc(C(=O)O)c(C(=O)O)c3)cc2C(=O)Nc2cccc(C(=O)O)c2)c1. The molecule has 4 aromatic rings. The van der Waals surface area contributed by atoms with E-state index in [-0.39, 0.29) is 44.8 Å². The maximum Gasteiger partial charge on any atom is 0.337 e. The minimum absolute atomic E-state index is 0.0882. The van der Waals surface area contributed by atoms with Gasteiger partial charge in [0.25, 0.3) is 11.8 Å². The van der Waals surface area contributed by atoms with Crippen LogP contribution in [0.5, 0.6) is 0 Å². The molecule has 0 spiro atoms. The molecule has 0 bridgehead atoms. The zero-order valence-corrected chi connectivity index (χ0v) is 22.3. The molecule has 0 fully saturated rings. The Labute approximate surface area is 243 Å². The Hall–Kier alpha value is -6.30. The van der Waals surface area contributed by atoms with Gasteiger partial charge in [-0.05, 0) is 71.8 Å². The number of ether oxygens (including phenoxy) is 1. The summed E-state index contributed by atoms with van der Waals surface area (Å²) in [5, 5.41) is 33.3. The van der Waals surface area contributed by atoms with Gasteiger partial charge in [0, 0.05) is 11.4 Å². The van der Waals surface area contributed by atoms with Crippen molar-refractivity contribution in [2.75, 3.05) is 17.7 Å². The summed E-state index contributed by atoms with van der Waals surface area (Å²) in [5.74, 6) is -6.27. The molecule has 0 unspecified atom stereocenters. The number of esters is 1. The molecule has 4 rings (SSSR count). The number of anilines is 2. The van der Waals surface area contributed by atoms with Crippen molar-refractivity contribution < 1.29 is 48.8 Å². The van der Waals surface area contributed by atoms with Crippen molar-refractivity contribution in [1.29, 1.82) is 0 Å². The number of nitrogens with one attached hydrogen (secondary N) is 2. The van der Waals surface area contributed by atoms with E-state index in [9.17, 15) is 44.1 Å². The lowest BCUT2D eigenvalue weighted by atomic mass is 9.95. The highest BCUT2D eigenvalue weighted by Gasteiger charge is 2.22. The molecule has 5 N–H and O–H groups in total. The van der Waals surface area contributed by atoms with E-state index in [1.54, 1.807) is 0 Å². The van der Waals surface area contributed by atoms with E-state index in [1.165, 1.54) is 79.9 Å². The normalized spacial score (nSPS) is 10.3. The van der Waals surface area contributed by atoms with E-state index in [2.05, 4.69) is 10.6 Å². The first kappa shape index (κ1) is 29.7. The fourth-order valence-corrected chi connectivity index (χ4v) is 4.17. The number of methoxy groups -OCH3 is 1. The van der Waals surface area contributed by atoms with Crippen LogP contribution in [0, 0.1) is 0 Å². The number of carbonyl (C=O) groups is 6. The van der Waals surface area contributed by atoms with Crippen molar-refractivity contribution in [3.05, 3.63) is 118 Å². The Morgan fingerprint density at radius 2 is 1.02 bits per heavy atom. The average Bonchev–Trinajstić information content (AvgIpc) is 3.00. The number of amides is 2. The van der Waals surface area contributed by atoms with Crippen LogP contribution in [-0.2, 0) is 4.74 Å². The summed E-state index contributed by atoms with van der Waals surface area (Å²) in [7, 11) is 1.21. The van der Waals surface area contributed by atoms with Gasteiger partial charge in [0.1, 0.15) is 0 Å². The summed E-state index contributed by atoms with van der Waals surface area (Å²) in [6, 6.07) is 19.1. The molecule has 2 amide bonds. The third-order valence-corrected chi connectivity index (χ3v) is 6.23. The van der Waals surface area contributed by atoms with Crippen LogP contribution in [0.25, 0.3) is 11.1 Å². The van der Waals surface area contributed by atoms with E-state index < -0.39 is 46.8 Å². The summed E-state index contributed by atoms with van der Waals surface area (Å²) in [6.45, 7) is 0. The van der Waals surface area contributed by atoms with Crippen LogP contribution in [0.2, 0.25) is 0 Å². The molecule has 4 aromatic carbocycles. The molecular formula is C31H22N2O10. The van der Waals surface area contributed by atoms with Crippen molar-refractivity contribution in [2.24, 2.45) is 0 Å². The Balaban J connectivity index is 1.78. The van der Waals surface area contributed by atoms with Crippen molar-refractivity contribution >= 4 is 47.1 Å². The van der Waals surface area contributed by atoms with Crippen molar-refractivity contribution in [3.63, 3.8) is 0 Å². The van der Waals surface area contributed by atoms with Crippen LogP contribution >= 0.6 is 0 Å². The summed E-state index contributed by atoms with van der Waals surface area (Å²) >= 11 is 0. The molecule has 216 valence electrons. The van der Waals surface area contributed by atoms with E-state index in [0.717, 1.165) is 12.1 Å². The number of hydrogen-bond acceptors (Lipinski definition) is 7. The first-order chi connectivity index (χ1) is 20.5. The Morgan fingerprint density at radius 1 is 0.535 bits per heavy atom. The number of benzene rings is 4. The van der Waals surface area contributed by atoms with Crippen LogP contribution < -0.4 is 10.6 Å². The summed E-state index contributed by atoms with van der Waals surface area (Å²) in [4.78, 5) is 73.3. The van der Waals surface area contributed by atoms with Gasteiger partial charge in [-0.15, -0.1) is 0 Å². The number of aromatic carboxylic acids is 3. The molecule has 43 heavy (non-hydrogen) atoms. The van der Waals surface area contributed by atoms with Gasteiger partial charge >= 0.3 is 23.9 Å². The van der Waals surface area contributed by atoms with E-state index in [1.807, 2.05) is 0 Å². The summed E-state index contributed by atoms with van der Waals surface area (Å²) < 4.78 is 4.70. The standard InChI is InChI=1S/C31H22N2O10/c1-43-31(42)19-5-3-7-21(13-19)32-26(34)22-10-8-16(17-9-11-23(29(38)39)25(15-17)30(40)41)14-24(22)27(35)33-20-6-2-4-18(12-20)28(36)37/h2-15H,1H3,(H,32,34)(H,33,35)(H,36,37)(H,38,39)(H,40,41). The minimum atomic E-state index is -1.47. The van der Waals surface area contributed by atoms with Crippen LogP contribution in [0.15, 0.2) is 84.9 Å². The minimum Gasteiger partial charge on any atom is -0.478 e. The van der Waals surface area contributed by atoms with E-state index in [4.69, 9.17) is 4.74 Å². The lowest BCUT2D eigenvalue weighted by molar-refractivity contribution is 0.0598. The molecule has 0 aliphatic carbocycles. The zero-order chi connectivity index (χ0) is 31.3. The average molecular weight is 583 g/mol. The second-order valence-electron chi connectivity index (χ2n) is 9.00. The number of carboxylic acid groups (broad SMARTS) is 3. The first-order valence-electron chi connectivity index (χ1n) is 12.4. The highest BCUT2D eigenvalue weighted by Crippen LogP contribution is 2.27. The predicted molar refractivity (Wildman–Crippen MR) is 153 cm³/mol. The highest BCUT2D eigenvalue weighted by molar-refractivity contribution is 6.16. The second kappa shape index (κ2) is 12.5. The highest BCUT2D eigenvalue weighted by atomic mass is 16.5. The molecule has 0 heterocycles. The molecule has 12 nitrogen and oxygen atoms in total. The fraction of sp³-hybridized carbons (Fsp3) is 0.0323. The third kappa shape index (κ3) is 6.72. The zero-order valence-electron chi connectivity index (χ0n) is 22.3. The maximum absolute atomic E-state index is 13.5. The molecule has 0 radical (unpaired) electrons. The monoisotopic (exact) mass is 582 g/mol. The van der Waals surface area contributed by atoms with Crippen molar-refractivity contribution in [2.45, 2.75) is 0 Å². The van der Waals surface area contributed by atoms with Gasteiger partial charge in [0.2, 0.25) is 0 Å². The van der Waals surface area contributed by atoms with Crippen molar-refractivity contribution in [1.82, 2.24) is 0 Å². The van der Waals surface area contributed by atoms with Gasteiger partial charge in [-0.3, -0.25) is 9.59 Å². The summed E-state index contributed by atoms with van der Waals surface area (Å²) in [5.41, 5.74) is -0.208. The lowest BCUT2D eigenvalue weighted by Crippen LogP contribution is -2.21. The van der Waals surface area contributed by atoms with Gasteiger partial charge in [-0.1, -0.05) is 24.3 Å².